The molecule has 0 amide bonds. The third-order valence-corrected chi connectivity index (χ3v) is 5.47. The summed E-state index contributed by atoms with van der Waals surface area (Å²) >= 11 is 0. The van der Waals surface area contributed by atoms with Crippen molar-refractivity contribution < 1.29 is 18.9 Å². The Morgan fingerprint density at radius 3 is 2.52 bits per heavy atom. The van der Waals surface area contributed by atoms with Gasteiger partial charge in [-0.3, -0.25) is 14.3 Å². The van der Waals surface area contributed by atoms with Crippen molar-refractivity contribution in [2.75, 3.05) is 13.2 Å². The zero-order chi connectivity index (χ0) is 18.4. The number of H-pyrrole nitrogens is 1. The van der Waals surface area contributed by atoms with Crippen molar-refractivity contribution in [2.24, 2.45) is 5.92 Å². The minimum Gasteiger partial charge on any atom is -0.371 e. The van der Waals surface area contributed by atoms with Gasteiger partial charge in [0.15, 0.2) is 12.5 Å². The van der Waals surface area contributed by atoms with Crippen LogP contribution in [0.5, 0.6) is 0 Å². The maximum absolute atomic E-state index is 12.2. The van der Waals surface area contributed by atoms with E-state index in [2.05, 4.69) is 4.98 Å². The van der Waals surface area contributed by atoms with Crippen molar-refractivity contribution in [1.82, 2.24) is 9.55 Å². The summed E-state index contributed by atoms with van der Waals surface area (Å²) in [7, 11) is 0. The topological polar surface area (TPSA) is 91.8 Å². The van der Waals surface area contributed by atoms with Crippen molar-refractivity contribution >= 4 is 0 Å². The second-order valence-electron chi connectivity index (χ2n) is 7.10. The average molecular weight is 372 g/mol. The Hall–Kier alpha value is -2.26. The van der Waals surface area contributed by atoms with Crippen molar-refractivity contribution in [3.63, 3.8) is 0 Å². The Morgan fingerprint density at radius 1 is 0.926 bits per heavy atom. The molecule has 1 aromatic carbocycles. The molecule has 3 saturated heterocycles. The second-order valence-corrected chi connectivity index (χ2v) is 7.10. The largest absolute Gasteiger partial charge is 0.371 e. The minimum atomic E-state index is -0.603. The predicted octanol–water partition coefficient (Wildman–Crippen LogP) is 0.953. The number of rotatable bonds is 2. The van der Waals surface area contributed by atoms with Crippen molar-refractivity contribution in [3.8, 4) is 0 Å². The van der Waals surface area contributed by atoms with Crippen LogP contribution in [0.15, 0.2) is 52.2 Å². The fourth-order valence-corrected chi connectivity index (χ4v) is 4.13. The Morgan fingerprint density at radius 2 is 1.70 bits per heavy atom. The Labute approximate surface area is 154 Å². The van der Waals surface area contributed by atoms with Crippen LogP contribution in [-0.2, 0) is 18.9 Å². The number of benzene rings is 1. The van der Waals surface area contributed by atoms with E-state index in [1.54, 1.807) is 0 Å². The van der Waals surface area contributed by atoms with Gasteiger partial charge in [0.05, 0.1) is 25.4 Å². The molecule has 4 heterocycles. The van der Waals surface area contributed by atoms with Crippen LogP contribution in [0.4, 0.5) is 0 Å². The van der Waals surface area contributed by atoms with E-state index in [1.165, 1.54) is 16.8 Å². The molecule has 0 saturated carbocycles. The number of hydrogen-bond acceptors (Lipinski definition) is 6. The lowest BCUT2D eigenvalue weighted by molar-refractivity contribution is -0.253. The van der Waals surface area contributed by atoms with E-state index in [9.17, 15) is 9.59 Å². The number of ether oxygens (including phenoxy) is 4. The average Bonchev–Trinajstić information content (AvgIpc) is 2.89. The molecule has 2 bridgehead atoms. The molecule has 8 heteroatoms. The standard InChI is InChI=1S/C19H20N2O6/c22-16-6-7-21(19(23)20-16)17-13-8-12-14(26-17)10-25-18(27-15(12)9-24-13)11-4-2-1-3-5-11/h1-7,12-15,17-18H,8-10H2,(H,20,22,23)/t12?,13-,14?,15+,17-,18-/m1/s1. The number of aromatic amines is 1. The summed E-state index contributed by atoms with van der Waals surface area (Å²) in [5.74, 6) is 0.132. The molecule has 0 radical (unpaired) electrons. The molecule has 0 aliphatic carbocycles. The number of fused-ring (bicyclic) bond motifs is 1. The molecule has 8 nitrogen and oxygen atoms in total. The highest BCUT2D eigenvalue weighted by Gasteiger charge is 2.49. The van der Waals surface area contributed by atoms with Crippen molar-refractivity contribution in [1.29, 1.82) is 0 Å². The van der Waals surface area contributed by atoms with Gasteiger partial charge in [0.2, 0.25) is 0 Å². The van der Waals surface area contributed by atoms with Crippen LogP contribution >= 0.6 is 0 Å². The number of nitrogens with zero attached hydrogens (tertiary/aromatic N) is 1. The number of hydrogen-bond donors (Lipinski definition) is 1. The highest BCUT2D eigenvalue weighted by molar-refractivity contribution is 5.16. The van der Waals surface area contributed by atoms with Crippen LogP contribution in [0.2, 0.25) is 0 Å². The van der Waals surface area contributed by atoms with Gasteiger partial charge < -0.3 is 18.9 Å². The lowest BCUT2D eigenvalue weighted by atomic mass is 9.85. The first-order valence-electron chi connectivity index (χ1n) is 9.09. The van der Waals surface area contributed by atoms with E-state index in [1.807, 2.05) is 30.3 Å². The molecule has 142 valence electrons. The summed E-state index contributed by atoms with van der Waals surface area (Å²) in [4.78, 5) is 25.8. The molecule has 0 spiro atoms. The predicted molar refractivity (Wildman–Crippen MR) is 93.1 cm³/mol. The molecule has 3 aliphatic rings. The molecule has 3 fully saturated rings. The molecule has 3 aliphatic heterocycles. The highest BCUT2D eigenvalue weighted by Crippen LogP contribution is 2.42. The first kappa shape index (κ1) is 16.9. The Kier molecular flexibility index (Phi) is 4.20. The van der Waals surface area contributed by atoms with Crippen LogP contribution in [0.1, 0.15) is 24.5 Å². The zero-order valence-electron chi connectivity index (χ0n) is 14.5. The number of aromatic nitrogens is 2. The van der Waals surface area contributed by atoms with Gasteiger partial charge in [-0.2, -0.15) is 0 Å². The maximum Gasteiger partial charge on any atom is 0.330 e. The summed E-state index contributed by atoms with van der Waals surface area (Å²) in [6.45, 7) is 0.776. The fourth-order valence-electron chi connectivity index (χ4n) is 4.13. The molecule has 1 aromatic heterocycles. The van der Waals surface area contributed by atoms with Gasteiger partial charge in [-0.15, -0.1) is 0 Å². The summed E-state index contributed by atoms with van der Waals surface area (Å²) in [6, 6.07) is 11.1. The lowest BCUT2D eigenvalue weighted by Crippen LogP contribution is -2.55. The molecule has 2 aromatic rings. The van der Waals surface area contributed by atoms with E-state index in [0.29, 0.717) is 19.6 Å². The zero-order valence-corrected chi connectivity index (χ0v) is 14.5. The normalized spacial score (nSPS) is 35.4. The lowest BCUT2D eigenvalue weighted by Gasteiger charge is -2.46. The molecular weight excluding hydrogens is 352 g/mol. The van der Waals surface area contributed by atoms with Gasteiger partial charge in [-0.1, -0.05) is 30.3 Å². The van der Waals surface area contributed by atoms with E-state index in [0.717, 1.165) is 5.56 Å². The summed E-state index contributed by atoms with van der Waals surface area (Å²) in [5.41, 5.74) is 0.00256. The van der Waals surface area contributed by atoms with E-state index in [-0.39, 0.29) is 24.2 Å². The molecule has 1 N–H and O–H groups in total. The summed E-state index contributed by atoms with van der Waals surface area (Å²) in [5, 5.41) is 0. The first-order chi connectivity index (χ1) is 13.2. The third kappa shape index (κ3) is 3.04. The molecule has 2 unspecified atom stereocenters. The smallest absolute Gasteiger partial charge is 0.330 e. The van der Waals surface area contributed by atoms with Gasteiger partial charge >= 0.3 is 5.69 Å². The quantitative estimate of drug-likeness (QED) is 0.844. The van der Waals surface area contributed by atoms with Gasteiger partial charge in [-0.25, -0.2) is 4.79 Å². The van der Waals surface area contributed by atoms with E-state index < -0.39 is 23.8 Å². The van der Waals surface area contributed by atoms with Gasteiger partial charge in [-0.05, 0) is 6.42 Å². The fraction of sp³-hybridized carbons (Fsp3) is 0.474. The van der Waals surface area contributed by atoms with Crippen LogP contribution in [0.3, 0.4) is 0 Å². The van der Waals surface area contributed by atoms with E-state index in [4.69, 9.17) is 18.9 Å². The number of nitrogens with one attached hydrogen (secondary N) is 1. The summed E-state index contributed by atoms with van der Waals surface area (Å²) in [6.07, 6.45) is 0.454. The monoisotopic (exact) mass is 372 g/mol. The molecule has 27 heavy (non-hydrogen) atoms. The van der Waals surface area contributed by atoms with Crippen molar-refractivity contribution in [2.45, 2.75) is 37.3 Å². The molecular formula is C19H20N2O6. The van der Waals surface area contributed by atoms with Gasteiger partial charge in [0.25, 0.3) is 5.56 Å². The molecule has 6 atom stereocenters. The minimum absolute atomic E-state index is 0.132. The second kappa shape index (κ2) is 6.72. The van der Waals surface area contributed by atoms with Crippen LogP contribution in [-0.4, -0.2) is 41.1 Å². The maximum atomic E-state index is 12.2. The van der Waals surface area contributed by atoms with Crippen LogP contribution < -0.4 is 11.2 Å². The van der Waals surface area contributed by atoms with Crippen LogP contribution in [0, 0.1) is 5.92 Å². The van der Waals surface area contributed by atoms with Gasteiger partial charge in [0, 0.05) is 23.7 Å². The first-order valence-corrected chi connectivity index (χ1v) is 9.09. The third-order valence-electron chi connectivity index (χ3n) is 5.47. The SMILES string of the molecule is O=c1ccn([C@@H]2OC3CO[C@@H](c4ccccc4)O[C@H]4CO[C@@H]2CC34)c(=O)[nH]1. The van der Waals surface area contributed by atoms with Crippen LogP contribution in [0.25, 0.3) is 0 Å². The Bertz CT molecular complexity index is 926. The van der Waals surface area contributed by atoms with E-state index >= 15 is 0 Å². The summed E-state index contributed by atoms with van der Waals surface area (Å²) < 4.78 is 25.7. The molecule has 5 rings (SSSR count). The van der Waals surface area contributed by atoms with Crippen molar-refractivity contribution in [3.05, 3.63) is 69.0 Å². The highest BCUT2D eigenvalue weighted by atomic mass is 16.7. The van der Waals surface area contributed by atoms with Gasteiger partial charge in [0.1, 0.15) is 6.10 Å². The Balaban J connectivity index is 1.42.